The van der Waals surface area contributed by atoms with Crippen LogP contribution in [0.1, 0.15) is 32.6 Å². The van der Waals surface area contributed by atoms with Crippen molar-refractivity contribution in [3.8, 4) is 5.75 Å². The summed E-state index contributed by atoms with van der Waals surface area (Å²) < 4.78 is 7.51. The van der Waals surface area contributed by atoms with E-state index in [1.807, 2.05) is 54.6 Å². The number of hydrogen-bond acceptors (Lipinski definition) is 4. The van der Waals surface area contributed by atoms with Crippen LogP contribution in [0.5, 0.6) is 5.75 Å². The Hall–Kier alpha value is -3.61. The molecule has 2 aromatic carbocycles. The van der Waals surface area contributed by atoms with Crippen LogP contribution in [0.25, 0.3) is 0 Å². The normalized spacial score (nSPS) is 17.9. The van der Waals surface area contributed by atoms with Crippen LogP contribution in [-0.4, -0.2) is 34.7 Å². The van der Waals surface area contributed by atoms with E-state index in [9.17, 15) is 9.59 Å². The number of rotatable bonds is 2. The van der Waals surface area contributed by atoms with Crippen molar-refractivity contribution in [3.63, 3.8) is 0 Å². The lowest BCUT2D eigenvalue weighted by Crippen LogP contribution is -2.41. The first-order chi connectivity index (χ1) is 13.7. The number of aromatic nitrogens is 2. The number of fused-ring (bicyclic) bond motifs is 2. The van der Waals surface area contributed by atoms with Crippen LogP contribution in [-0.2, 0) is 6.54 Å². The second-order valence-corrected chi connectivity index (χ2v) is 6.77. The summed E-state index contributed by atoms with van der Waals surface area (Å²) in [5, 5.41) is 7.18. The molecule has 28 heavy (non-hydrogen) atoms. The van der Waals surface area contributed by atoms with Gasteiger partial charge in [0.25, 0.3) is 11.8 Å². The number of carbonyl (C=O) groups excluding carboxylic acids is 2. The Bertz CT molecular complexity index is 1060. The molecule has 0 spiro atoms. The molecule has 7 nitrogen and oxygen atoms in total. The first-order valence-electron chi connectivity index (χ1n) is 9.19. The van der Waals surface area contributed by atoms with E-state index in [1.165, 1.54) is 0 Å². The average molecular weight is 374 g/mol. The molecule has 0 radical (unpaired) electrons. The Morgan fingerprint density at radius 2 is 1.89 bits per heavy atom. The van der Waals surface area contributed by atoms with Crippen LogP contribution in [0.2, 0.25) is 0 Å². The van der Waals surface area contributed by atoms with Crippen molar-refractivity contribution >= 4 is 17.5 Å². The van der Waals surface area contributed by atoms with Crippen molar-refractivity contribution in [1.29, 1.82) is 0 Å². The molecule has 0 saturated heterocycles. The van der Waals surface area contributed by atoms with Gasteiger partial charge in [0.05, 0.1) is 18.3 Å². The third kappa shape index (κ3) is 2.63. The smallest absolute Gasteiger partial charge is 0.279 e. The molecule has 3 aromatic rings. The van der Waals surface area contributed by atoms with Crippen molar-refractivity contribution in [1.82, 2.24) is 15.1 Å². The lowest BCUT2D eigenvalue weighted by atomic mass is 10.0. The van der Waals surface area contributed by atoms with Crippen molar-refractivity contribution in [3.05, 3.63) is 77.6 Å². The zero-order valence-electron chi connectivity index (χ0n) is 15.0. The lowest BCUT2D eigenvalue weighted by Gasteiger charge is -2.36. The predicted molar refractivity (Wildman–Crippen MR) is 102 cm³/mol. The lowest BCUT2D eigenvalue weighted by molar-refractivity contribution is 0.0921. The van der Waals surface area contributed by atoms with E-state index in [4.69, 9.17) is 4.74 Å². The van der Waals surface area contributed by atoms with E-state index in [1.54, 1.807) is 15.6 Å². The van der Waals surface area contributed by atoms with Gasteiger partial charge in [-0.3, -0.25) is 19.2 Å². The van der Waals surface area contributed by atoms with Gasteiger partial charge in [-0.2, -0.15) is 5.10 Å². The molecule has 1 unspecified atom stereocenters. The number of ether oxygens (including phenoxy) is 1. The third-order valence-electron chi connectivity index (χ3n) is 5.08. The Labute approximate surface area is 161 Å². The first kappa shape index (κ1) is 16.6. The molecule has 7 heteroatoms. The molecule has 2 amide bonds. The van der Waals surface area contributed by atoms with E-state index >= 15 is 0 Å². The standard InChI is InChI=1S/C21H18N4O3/c26-20-17-12-15(23-24(17)11-10-22-20)21(27)25-16-8-4-5-9-19(16)28-13-18(25)14-6-2-1-3-7-14/h1-9,12,18H,10-11,13H2,(H,22,26). The molecular weight excluding hydrogens is 356 g/mol. The van der Waals surface area contributed by atoms with Crippen molar-refractivity contribution in [2.75, 3.05) is 18.1 Å². The van der Waals surface area contributed by atoms with Gasteiger partial charge in [-0.05, 0) is 17.7 Å². The van der Waals surface area contributed by atoms with Crippen molar-refractivity contribution in [2.24, 2.45) is 0 Å². The minimum atomic E-state index is -0.281. The molecular formula is C21H18N4O3. The number of amides is 2. The van der Waals surface area contributed by atoms with Gasteiger partial charge in [0.1, 0.15) is 18.1 Å². The van der Waals surface area contributed by atoms with E-state index < -0.39 is 0 Å². The number of carbonyl (C=O) groups is 2. The number of anilines is 1. The van der Waals surface area contributed by atoms with E-state index in [-0.39, 0.29) is 23.6 Å². The van der Waals surface area contributed by atoms with Crippen LogP contribution in [0, 0.1) is 0 Å². The average Bonchev–Trinajstić information content (AvgIpc) is 3.19. The summed E-state index contributed by atoms with van der Waals surface area (Å²) in [7, 11) is 0. The number of para-hydroxylation sites is 2. The van der Waals surface area contributed by atoms with E-state index in [0.717, 1.165) is 5.56 Å². The molecule has 1 aromatic heterocycles. The molecule has 140 valence electrons. The summed E-state index contributed by atoms with van der Waals surface area (Å²) >= 11 is 0. The van der Waals surface area contributed by atoms with Gasteiger partial charge in [0, 0.05) is 12.6 Å². The van der Waals surface area contributed by atoms with Crippen LogP contribution >= 0.6 is 0 Å². The highest BCUT2D eigenvalue weighted by molar-refractivity contribution is 6.07. The zero-order chi connectivity index (χ0) is 19.1. The fourth-order valence-electron chi connectivity index (χ4n) is 3.72. The fourth-order valence-corrected chi connectivity index (χ4v) is 3.72. The summed E-state index contributed by atoms with van der Waals surface area (Å²) in [5.41, 5.74) is 2.34. The minimum Gasteiger partial charge on any atom is -0.489 e. The summed E-state index contributed by atoms with van der Waals surface area (Å²) in [4.78, 5) is 27.3. The molecule has 3 heterocycles. The quantitative estimate of drug-likeness (QED) is 0.747. The maximum absolute atomic E-state index is 13.5. The van der Waals surface area contributed by atoms with Gasteiger partial charge >= 0.3 is 0 Å². The molecule has 2 aliphatic rings. The minimum absolute atomic E-state index is 0.209. The zero-order valence-corrected chi connectivity index (χ0v) is 15.0. The molecule has 0 saturated carbocycles. The largest absolute Gasteiger partial charge is 0.489 e. The van der Waals surface area contributed by atoms with Crippen LogP contribution < -0.4 is 15.0 Å². The maximum Gasteiger partial charge on any atom is 0.279 e. The summed E-state index contributed by atoms with van der Waals surface area (Å²) in [6, 6.07) is 18.5. The monoisotopic (exact) mass is 374 g/mol. The molecule has 2 aliphatic heterocycles. The number of nitrogens with zero attached hydrogens (tertiary/aromatic N) is 3. The van der Waals surface area contributed by atoms with Gasteiger partial charge in [0.15, 0.2) is 5.69 Å². The van der Waals surface area contributed by atoms with Gasteiger partial charge in [0.2, 0.25) is 0 Å². The molecule has 0 bridgehead atoms. The van der Waals surface area contributed by atoms with E-state index in [0.29, 0.717) is 36.8 Å². The van der Waals surface area contributed by atoms with Crippen molar-refractivity contribution < 1.29 is 14.3 Å². The molecule has 1 atom stereocenters. The Morgan fingerprint density at radius 3 is 2.71 bits per heavy atom. The highest BCUT2D eigenvalue weighted by atomic mass is 16.5. The number of hydrogen-bond donors (Lipinski definition) is 1. The second-order valence-electron chi connectivity index (χ2n) is 6.77. The number of benzene rings is 2. The van der Waals surface area contributed by atoms with Crippen LogP contribution in [0.3, 0.4) is 0 Å². The second kappa shape index (κ2) is 6.53. The first-order valence-corrected chi connectivity index (χ1v) is 9.19. The SMILES string of the molecule is O=C1NCCn2nc(C(=O)N3c4ccccc4OCC3c3ccccc3)cc21. The molecule has 0 fully saturated rings. The highest BCUT2D eigenvalue weighted by Gasteiger charge is 2.35. The molecule has 5 rings (SSSR count). The molecule has 0 aliphatic carbocycles. The predicted octanol–water partition coefficient (Wildman–Crippen LogP) is 2.41. The van der Waals surface area contributed by atoms with E-state index in [2.05, 4.69) is 10.4 Å². The van der Waals surface area contributed by atoms with Crippen LogP contribution in [0.15, 0.2) is 60.7 Å². The Kier molecular flexibility index (Phi) is 3.86. The molecule has 1 N–H and O–H groups in total. The van der Waals surface area contributed by atoms with Gasteiger partial charge < -0.3 is 10.1 Å². The summed E-state index contributed by atoms with van der Waals surface area (Å²) in [6.07, 6.45) is 0. The maximum atomic E-state index is 13.5. The summed E-state index contributed by atoms with van der Waals surface area (Å²) in [5.74, 6) is 0.198. The van der Waals surface area contributed by atoms with Gasteiger partial charge in [-0.1, -0.05) is 42.5 Å². The topological polar surface area (TPSA) is 76.5 Å². The summed E-state index contributed by atoms with van der Waals surface area (Å²) in [6.45, 7) is 1.41. The van der Waals surface area contributed by atoms with Gasteiger partial charge in [-0.15, -0.1) is 0 Å². The van der Waals surface area contributed by atoms with Gasteiger partial charge in [-0.25, -0.2) is 0 Å². The van der Waals surface area contributed by atoms with Crippen LogP contribution in [0.4, 0.5) is 5.69 Å². The fraction of sp³-hybridized carbons (Fsp3) is 0.190. The van der Waals surface area contributed by atoms with Crippen molar-refractivity contribution in [2.45, 2.75) is 12.6 Å². The number of nitrogens with one attached hydrogen (secondary N) is 1. The highest BCUT2D eigenvalue weighted by Crippen LogP contribution is 2.40. The third-order valence-corrected chi connectivity index (χ3v) is 5.08. The Morgan fingerprint density at radius 1 is 1.11 bits per heavy atom. The Balaban J connectivity index is 1.60.